The first-order chi connectivity index (χ1) is 5.84. The molecule has 3 heteroatoms. The Morgan fingerprint density at radius 2 is 2.17 bits per heavy atom. The molecule has 0 aromatic carbocycles. The van der Waals surface area contributed by atoms with Crippen LogP contribution in [-0.4, -0.2) is 29.6 Å². The van der Waals surface area contributed by atoms with E-state index in [9.17, 15) is 4.79 Å². The smallest absolute Gasteiger partial charge is 0.222 e. The maximum Gasteiger partial charge on any atom is 0.222 e. The van der Waals surface area contributed by atoms with E-state index in [1.54, 1.807) is 0 Å². The highest BCUT2D eigenvalue weighted by Crippen LogP contribution is 2.11. The van der Waals surface area contributed by atoms with Crippen LogP contribution in [0.25, 0.3) is 0 Å². The highest BCUT2D eigenvalue weighted by atomic mass is 32.1. The molecule has 1 amide bonds. The topological polar surface area (TPSA) is 20.3 Å². The van der Waals surface area contributed by atoms with E-state index < -0.39 is 0 Å². The summed E-state index contributed by atoms with van der Waals surface area (Å²) in [6.07, 6.45) is 5.26. The number of piperidine rings is 1. The minimum absolute atomic E-state index is 0.348. The van der Waals surface area contributed by atoms with Gasteiger partial charge in [-0.3, -0.25) is 4.79 Å². The first-order valence-corrected chi connectivity index (χ1v) is 5.36. The molecule has 0 unspecified atom stereocenters. The van der Waals surface area contributed by atoms with Crippen molar-refractivity contribution in [3.8, 4) is 0 Å². The summed E-state index contributed by atoms with van der Waals surface area (Å²) in [5, 5.41) is 0. The van der Waals surface area contributed by atoms with Crippen molar-refractivity contribution >= 4 is 18.5 Å². The standard InChI is InChI=1S/C9H17NOS/c11-9-5-1-2-6-10(9)7-3-4-8-12/h12H,1-8H2. The zero-order valence-corrected chi connectivity index (χ0v) is 8.35. The third-order valence-corrected chi connectivity index (χ3v) is 2.57. The minimum Gasteiger partial charge on any atom is -0.343 e. The molecule has 12 heavy (non-hydrogen) atoms. The summed E-state index contributed by atoms with van der Waals surface area (Å²) in [6.45, 7) is 1.92. The number of rotatable bonds is 4. The van der Waals surface area contributed by atoms with Crippen LogP contribution < -0.4 is 0 Å². The molecule has 0 aromatic rings. The number of thiol groups is 1. The Bertz CT molecular complexity index is 149. The van der Waals surface area contributed by atoms with Crippen molar-refractivity contribution in [2.24, 2.45) is 0 Å². The quantitative estimate of drug-likeness (QED) is 0.525. The zero-order valence-electron chi connectivity index (χ0n) is 7.46. The first kappa shape index (κ1) is 9.90. The second-order valence-electron chi connectivity index (χ2n) is 3.27. The fraction of sp³-hybridized carbons (Fsp3) is 0.889. The lowest BCUT2D eigenvalue weighted by molar-refractivity contribution is -0.133. The molecule has 1 fully saturated rings. The van der Waals surface area contributed by atoms with E-state index in [2.05, 4.69) is 12.6 Å². The summed E-state index contributed by atoms with van der Waals surface area (Å²) in [5.41, 5.74) is 0. The average Bonchev–Trinajstić information content (AvgIpc) is 2.09. The third-order valence-electron chi connectivity index (χ3n) is 2.26. The van der Waals surface area contributed by atoms with Gasteiger partial charge in [0.25, 0.3) is 0 Å². The van der Waals surface area contributed by atoms with E-state index in [0.29, 0.717) is 5.91 Å². The number of unbranched alkanes of at least 4 members (excludes halogenated alkanes) is 1. The van der Waals surface area contributed by atoms with Crippen LogP contribution in [0.1, 0.15) is 32.1 Å². The van der Waals surface area contributed by atoms with Crippen molar-refractivity contribution in [2.45, 2.75) is 32.1 Å². The zero-order chi connectivity index (χ0) is 8.81. The van der Waals surface area contributed by atoms with Crippen LogP contribution in [0, 0.1) is 0 Å². The van der Waals surface area contributed by atoms with Crippen molar-refractivity contribution < 1.29 is 4.79 Å². The lowest BCUT2D eigenvalue weighted by Crippen LogP contribution is -2.35. The Hall–Kier alpha value is -0.180. The molecule has 0 radical (unpaired) electrons. The predicted octanol–water partition coefficient (Wildman–Crippen LogP) is 1.71. The van der Waals surface area contributed by atoms with Crippen LogP contribution >= 0.6 is 12.6 Å². The van der Waals surface area contributed by atoms with Crippen molar-refractivity contribution in [3.63, 3.8) is 0 Å². The lowest BCUT2D eigenvalue weighted by Gasteiger charge is -2.26. The van der Waals surface area contributed by atoms with E-state index in [0.717, 1.165) is 44.5 Å². The fourth-order valence-corrected chi connectivity index (χ4v) is 1.74. The number of hydrogen-bond acceptors (Lipinski definition) is 2. The maximum absolute atomic E-state index is 11.3. The molecule has 1 rings (SSSR count). The SMILES string of the molecule is O=C1CCCCN1CCCCS. The highest BCUT2D eigenvalue weighted by molar-refractivity contribution is 7.80. The average molecular weight is 187 g/mol. The van der Waals surface area contributed by atoms with Crippen LogP contribution in [-0.2, 0) is 4.79 Å². The number of nitrogens with zero attached hydrogens (tertiary/aromatic N) is 1. The number of likely N-dealkylation sites (tertiary alicyclic amines) is 1. The lowest BCUT2D eigenvalue weighted by atomic mass is 10.1. The number of carbonyl (C=O) groups excluding carboxylic acids is 1. The molecule has 0 bridgehead atoms. The van der Waals surface area contributed by atoms with E-state index in [-0.39, 0.29) is 0 Å². The Kier molecular flexibility index (Phi) is 4.51. The second kappa shape index (κ2) is 5.46. The number of amides is 1. The van der Waals surface area contributed by atoms with Gasteiger partial charge in [-0.2, -0.15) is 12.6 Å². The molecule has 0 saturated carbocycles. The van der Waals surface area contributed by atoms with Crippen molar-refractivity contribution in [3.05, 3.63) is 0 Å². The van der Waals surface area contributed by atoms with Crippen LogP contribution in [0.15, 0.2) is 0 Å². The Morgan fingerprint density at radius 1 is 1.33 bits per heavy atom. The highest BCUT2D eigenvalue weighted by Gasteiger charge is 2.16. The molecular formula is C9H17NOS. The van der Waals surface area contributed by atoms with Gasteiger partial charge in [0.15, 0.2) is 0 Å². The van der Waals surface area contributed by atoms with E-state index in [4.69, 9.17) is 0 Å². The van der Waals surface area contributed by atoms with E-state index >= 15 is 0 Å². The second-order valence-corrected chi connectivity index (χ2v) is 3.72. The van der Waals surface area contributed by atoms with Gasteiger partial charge in [0.1, 0.15) is 0 Å². The molecule has 0 aromatic heterocycles. The van der Waals surface area contributed by atoms with Crippen molar-refractivity contribution in [2.75, 3.05) is 18.8 Å². The first-order valence-electron chi connectivity index (χ1n) is 4.73. The van der Waals surface area contributed by atoms with Gasteiger partial charge < -0.3 is 4.90 Å². The largest absolute Gasteiger partial charge is 0.343 e. The van der Waals surface area contributed by atoms with Gasteiger partial charge in [-0.25, -0.2) is 0 Å². The summed E-state index contributed by atoms with van der Waals surface area (Å²) in [4.78, 5) is 13.3. The normalized spacial score (nSPS) is 18.4. The molecule has 1 heterocycles. The number of carbonyl (C=O) groups is 1. The van der Waals surface area contributed by atoms with E-state index in [1.807, 2.05) is 4.90 Å². The van der Waals surface area contributed by atoms with Gasteiger partial charge >= 0.3 is 0 Å². The molecule has 0 spiro atoms. The van der Waals surface area contributed by atoms with Crippen LogP contribution in [0.5, 0.6) is 0 Å². The van der Waals surface area contributed by atoms with Crippen molar-refractivity contribution in [1.82, 2.24) is 4.90 Å². The fourth-order valence-electron chi connectivity index (χ4n) is 1.51. The van der Waals surface area contributed by atoms with Crippen LogP contribution in [0.2, 0.25) is 0 Å². The van der Waals surface area contributed by atoms with Gasteiger partial charge in [-0.1, -0.05) is 0 Å². The molecule has 2 nitrogen and oxygen atoms in total. The Balaban J connectivity index is 2.16. The maximum atomic E-state index is 11.3. The van der Waals surface area contributed by atoms with Crippen LogP contribution in [0.3, 0.4) is 0 Å². The molecule has 1 saturated heterocycles. The third kappa shape index (κ3) is 3.05. The van der Waals surface area contributed by atoms with E-state index in [1.165, 1.54) is 6.42 Å². The molecule has 1 aliphatic heterocycles. The van der Waals surface area contributed by atoms with Crippen molar-refractivity contribution in [1.29, 1.82) is 0 Å². The summed E-state index contributed by atoms with van der Waals surface area (Å²) < 4.78 is 0. The monoisotopic (exact) mass is 187 g/mol. The molecular weight excluding hydrogens is 170 g/mol. The van der Waals surface area contributed by atoms with Gasteiger partial charge in [0, 0.05) is 19.5 Å². The summed E-state index contributed by atoms with van der Waals surface area (Å²) >= 11 is 4.14. The molecule has 0 aliphatic carbocycles. The Labute approximate surface area is 79.7 Å². The summed E-state index contributed by atoms with van der Waals surface area (Å²) in [6, 6.07) is 0. The van der Waals surface area contributed by atoms with Gasteiger partial charge in [0.05, 0.1) is 0 Å². The Morgan fingerprint density at radius 3 is 2.83 bits per heavy atom. The predicted molar refractivity (Wildman–Crippen MR) is 53.5 cm³/mol. The summed E-state index contributed by atoms with van der Waals surface area (Å²) in [5.74, 6) is 1.28. The molecule has 0 N–H and O–H groups in total. The van der Waals surface area contributed by atoms with Gasteiger partial charge in [0.2, 0.25) is 5.91 Å². The molecule has 0 atom stereocenters. The van der Waals surface area contributed by atoms with Gasteiger partial charge in [-0.15, -0.1) is 0 Å². The summed E-state index contributed by atoms with van der Waals surface area (Å²) in [7, 11) is 0. The van der Waals surface area contributed by atoms with Crippen LogP contribution in [0.4, 0.5) is 0 Å². The van der Waals surface area contributed by atoms with Gasteiger partial charge in [-0.05, 0) is 31.4 Å². The number of hydrogen-bond donors (Lipinski definition) is 1. The molecule has 70 valence electrons. The minimum atomic E-state index is 0.348. The molecule has 1 aliphatic rings.